The Morgan fingerprint density at radius 3 is 2.57 bits per heavy atom. The lowest BCUT2D eigenvalue weighted by atomic mass is 9.90. The number of nitrogens with one attached hydrogen (secondary N) is 1. The zero-order valence-corrected chi connectivity index (χ0v) is 14.9. The quantitative estimate of drug-likeness (QED) is 0.882. The number of halogens is 1. The van der Waals surface area contributed by atoms with E-state index in [1.54, 1.807) is 0 Å². The molecule has 0 bridgehead atoms. The van der Waals surface area contributed by atoms with Gasteiger partial charge in [-0.05, 0) is 72.3 Å². The van der Waals surface area contributed by atoms with E-state index < -0.39 is 0 Å². The predicted octanol–water partition coefficient (Wildman–Crippen LogP) is 4.21. The Kier molecular flexibility index (Phi) is 5.37. The molecule has 1 fully saturated rings. The molecule has 0 radical (unpaired) electrons. The highest BCUT2D eigenvalue weighted by atomic mass is 35.5. The maximum Gasteiger partial charge on any atom is 0.0847 e. The first-order chi connectivity index (χ1) is 9.81. The van der Waals surface area contributed by atoms with E-state index in [0.29, 0.717) is 0 Å². The van der Waals surface area contributed by atoms with Gasteiger partial charge in [0.1, 0.15) is 0 Å². The maximum atomic E-state index is 6.47. The molecule has 4 heteroatoms. The molecule has 2 atom stereocenters. The van der Waals surface area contributed by atoms with Crippen molar-refractivity contribution in [3.05, 3.63) is 16.4 Å². The third-order valence-electron chi connectivity index (χ3n) is 4.62. The minimum absolute atomic E-state index is 0.201. The van der Waals surface area contributed by atoms with Gasteiger partial charge in [-0.3, -0.25) is 4.68 Å². The molecule has 3 nitrogen and oxygen atoms in total. The minimum atomic E-state index is 0.201. The molecule has 2 unspecified atom stereocenters. The van der Waals surface area contributed by atoms with Crippen LogP contribution in [0, 0.1) is 18.8 Å². The summed E-state index contributed by atoms with van der Waals surface area (Å²) in [6.07, 6.45) is 5.08. The summed E-state index contributed by atoms with van der Waals surface area (Å²) in [6, 6.07) is 0. The highest BCUT2D eigenvalue weighted by molar-refractivity contribution is 6.31. The molecular formula is C17H30ClN3. The number of aryl methyl sites for hydroxylation is 2. The van der Waals surface area contributed by atoms with Crippen LogP contribution in [0.1, 0.15) is 58.3 Å². The third kappa shape index (κ3) is 4.23. The van der Waals surface area contributed by atoms with Crippen molar-refractivity contribution in [2.75, 3.05) is 6.54 Å². The Morgan fingerprint density at radius 2 is 1.95 bits per heavy atom. The highest BCUT2D eigenvalue weighted by Crippen LogP contribution is 2.36. The Morgan fingerprint density at radius 1 is 1.29 bits per heavy atom. The van der Waals surface area contributed by atoms with Crippen molar-refractivity contribution in [2.24, 2.45) is 11.8 Å². The fraction of sp³-hybridized carbons (Fsp3) is 0.824. The number of aromatic nitrogens is 2. The normalized spacial score (nSPS) is 23.0. The van der Waals surface area contributed by atoms with Crippen LogP contribution in [0.5, 0.6) is 0 Å². The van der Waals surface area contributed by atoms with Crippen LogP contribution in [0.2, 0.25) is 5.02 Å². The van der Waals surface area contributed by atoms with E-state index in [9.17, 15) is 0 Å². The SMILES string of the molecule is CCn1nc(C)c(Cl)c1CC1CCCC1CNC(C)(C)C. The van der Waals surface area contributed by atoms with E-state index in [2.05, 4.69) is 42.8 Å². The summed E-state index contributed by atoms with van der Waals surface area (Å²) < 4.78 is 2.09. The molecule has 1 saturated carbocycles. The molecule has 1 heterocycles. The predicted molar refractivity (Wildman–Crippen MR) is 89.9 cm³/mol. The molecule has 1 aromatic rings. The van der Waals surface area contributed by atoms with Crippen LogP contribution in [0.25, 0.3) is 0 Å². The van der Waals surface area contributed by atoms with Gasteiger partial charge in [0.2, 0.25) is 0 Å². The summed E-state index contributed by atoms with van der Waals surface area (Å²) in [4.78, 5) is 0. The van der Waals surface area contributed by atoms with Gasteiger partial charge in [0, 0.05) is 12.1 Å². The lowest BCUT2D eigenvalue weighted by molar-refractivity contribution is 0.313. The second-order valence-electron chi connectivity index (χ2n) is 7.45. The van der Waals surface area contributed by atoms with E-state index in [1.807, 2.05) is 6.92 Å². The number of hydrogen-bond donors (Lipinski definition) is 1. The van der Waals surface area contributed by atoms with Gasteiger partial charge in [0.05, 0.1) is 16.4 Å². The molecule has 0 spiro atoms. The van der Waals surface area contributed by atoms with Crippen LogP contribution >= 0.6 is 11.6 Å². The second-order valence-corrected chi connectivity index (χ2v) is 7.83. The van der Waals surface area contributed by atoms with Crippen LogP contribution in [-0.2, 0) is 13.0 Å². The molecule has 1 aliphatic rings. The molecule has 0 amide bonds. The van der Waals surface area contributed by atoms with Crippen LogP contribution in [-0.4, -0.2) is 21.9 Å². The Hall–Kier alpha value is -0.540. The number of nitrogens with zero attached hydrogens (tertiary/aromatic N) is 2. The Labute approximate surface area is 134 Å². The first-order valence-corrected chi connectivity index (χ1v) is 8.66. The van der Waals surface area contributed by atoms with Gasteiger partial charge >= 0.3 is 0 Å². The summed E-state index contributed by atoms with van der Waals surface area (Å²) in [6.45, 7) is 12.9. The summed E-state index contributed by atoms with van der Waals surface area (Å²) in [5, 5.41) is 9.10. The first-order valence-electron chi connectivity index (χ1n) is 8.28. The smallest absolute Gasteiger partial charge is 0.0847 e. The monoisotopic (exact) mass is 311 g/mol. The van der Waals surface area contributed by atoms with Gasteiger partial charge in [0.15, 0.2) is 0 Å². The van der Waals surface area contributed by atoms with E-state index >= 15 is 0 Å². The standard InChI is InChI=1S/C17H30ClN3/c1-6-21-15(16(18)12(2)20-21)10-13-8-7-9-14(13)11-19-17(3,4)5/h13-14,19H,6-11H2,1-5H3. The molecule has 0 aromatic carbocycles. The Balaban J connectivity index is 2.04. The van der Waals surface area contributed by atoms with Crippen molar-refractivity contribution in [2.45, 2.75) is 72.4 Å². The largest absolute Gasteiger partial charge is 0.312 e. The second kappa shape index (κ2) is 6.70. The van der Waals surface area contributed by atoms with Gasteiger partial charge in [-0.1, -0.05) is 18.0 Å². The van der Waals surface area contributed by atoms with Crippen molar-refractivity contribution < 1.29 is 0 Å². The summed E-state index contributed by atoms with van der Waals surface area (Å²) >= 11 is 6.47. The zero-order valence-electron chi connectivity index (χ0n) is 14.2. The molecule has 2 rings (SSSR count). The van der Waals surface area contributed by atoms with Crippen molar-refractivity contribution in [3.63, 3.8) is 0 Å². The fourth-order valence-electron chi connectivity index (χ4n) is 3.40. The molecule has 0 aliphatic heterocycles. The van der Waals surface area contributed by atoms with Gasteiger partial charge in [-0.2, -0.15) is 5.10 Å². The summed E-state index contributed by atoms with van der Waals surface area (Å²) in [5.74, 6) is 1.50. The van der Waals surface area contributed by atoms with E-state index in [-0.39, 0.29) is 5.54 Å². The average molecular weight is 312 g/mol. The van der Waals surface area contributed by atoms with E-state index in [1.165, 1.54) is 25.0 Å². The molecule has 1 aromatic heterocycles. The number of hydrogen-bond acceptors (Lipinski definition) is 2. The topological polar surface area (TPSA) is 29.9 Å². The number of rotatable bonds is 5. The van der Waals surface area contributed by atoms with Gasteiger partial charge in [-0.25, -0.2) is 0 Å². The fourth-order valence-corrected chi connectivity index (χ4v) is 3.61. The Bertz CT molecular complexity index is 473. The van der Waals surface area contributed by atoms with Gasteiger partial charge in [0.25, 0.3) is 0 Å². The molecule has 1 N–H and O–H groups in total. The first kappa shape index (κ1) is 16.8. The average Bonchev–Trinajstić information content (AvgIpc) is 2.95. The molecule has 1 aliphatic carbocycles. The third-order valence-corrected chi connectivity index (χ3v) is 5.11. The minimum Gasteiger partial charge on any atom is -0.312 e. The van der Waals surface area contributed by atoms with Crippen molar-refractivity contribution in [1.29, 1.82) is 0 Å². The van der Waals surface area contributed by atoms with Gasteiger partial charge < -0.3 is 5.32 Å². The highest BCUT2D eigenvalue weighted by Gasteiger charge is 2.30. The molecule has 21 heavy (non-hydrogen) atoms. The maximum absolute atomic E-state index is 6.47. The van der Waals surface area contributed by atoms with Crippen LogP contribution < -0.4 is 5.32 Å². The van der Waals surface area contributed by atoms with E-state index in [4.69, 9.17) is 11.6 Å². The molecule has 0 saturated heterocycles. The lowest BCUT2D eigenvalue weighted by Gasteiger charge is -2.26. The molecule has 120 valence electrons. The van der Waals surface area contributed by atoms with Crippen LogP contribution in [0.15, 0.2) is 0 Å². The summed E-state index contributed by atoms with van der Waals surface area (Å²) in [7, 11) is 0. The van der Waals surface area contributed by atoms with Gasteiger partial charge in [-0.15, -0.1) is 0 Å². The van der Waals surface area contributed by atoms with Crippen LogP contribution in [0.3, 0.4) is 0 Å². The summed E-state index contributed by atoms with van der Waals surface area (Å²) in [5.41, 5.74) is 2.41. The van der Waals surface area contributed by atoms with Crippen molar-refractivity contribution in [1.82, 2.24) is 15.1 Å². The van der Waals surface area contributed by atoms with Crippen molar-refractivity contribution in [3.8, 4) is 0 Å². The lowest BCUT2D eigenvalue weighted by Crippen LogP contribution is -2.40. The van der Waals surface area contributed by atoms with Crippen molar-refractivity contribution >= 4 is 11.6 Å². The van der Waals surface area contributed by atoms with Crippen LogP contribution in [0.4, 0.5) is 0 Å². The molecular weight excluding hydrogens is 282 g/mol. The van der Waals surface area contributed by atoms with E-state index in [0.717, 1.165) is 42.1 Å². The zero-order chi connectivity index (χ0) is 15.6.